The summed E-state index contributed by atoms with van der Waals surface area (Å²) in [6.45, 7) is 26.8. The van der Waals surface area contributed by atoms with Crippen molar-refractivity contribution in [2.75, 3.05) is 25.6 Å². The lowest BCUT2D eigenvalue weighted by molar-refractivity contribution is -0.114. The minimum Gasteiger partial charge on any atom is -0.497 e. The Morgan fingerprint density at radius 3 is 1.92 bits per heavy atom. The van der Waals surface area contributed by atoms with E-state index < -0.39 is 60.2 Å². The number of nitrogens with zero attached hydrogens (tertiary/aromatic N) is 2. The van der Waals surface area contributed by atoms with Crippen LogP contribution in [0.3, 0.4) is 0 Å². The highest BCUT2D eigenvalue weighted by atomic mass is 31.2. The van der Waals surface area contributed by atoms with Crippen LogP contribution in [0.1, 0.15) is 74.1 Å². The van der Waals surface area contributed by atoms with Crippen LogP contribution >= 0.6 is 7.60 Å². The maximum Gasteiger partial charge on any atom is 0.351 e. The Labute approximate surface area is 306 Å². The van der Waals surface area contributed by atoms with Gasteiger partial charge >= 0.3 is 13.3 Å². The Balaban J connectivity index is 2.31. The summed E-state index contributed by atoms with van der Waals surface area (Å²) < 4.78 is 55.0. The monoisotopic (exact) mass is 768 g/mol. The van der Waals surface area contributed by atoms with Gasteiger partial charge in [-0.25, -0.2) is 4.79 Å². The summed E-state index contributed by atoms with van der Waals surface area (Å²) in [5.74, 6) is -0.562. The minimum atomic E-state index is -3.96. The third kappa shape index (κ3) is 10.5. The van der Waals surface area contributed by atoms with Crippen molar-refractivity contribution in [1.82, 2.24) is 14.9 Å². The van der Waals surface area contributed by atoms with E-state index in [1.807, 2.05) is 24.3 Å². The summed E-state index contributed by atoms with van der Waals surface area (Å²) >= 11 is 0. The Morgan fingerprint density at radius 1 is 0.941 bits per heavy atom. The predicted molar refractivity (Wildman–Crippen MR) is 205 cm³/mol. The fraction of sp³-hybridized carbons (Fsp3) is 0.686. The van der Waals surface area contributed by atoms with Crippen molar-refractivity contribution in [1.29, 1.82) is 0 Å². The molecule has 1 aliphatic rings. The third-order valence-corrected chi connectivity index (χ3v) is 21.4. The van der Waals surface area contributed by atoms with Crippen molar-refractivity contribution in [3.8, 4) is 5.75 Å². The van der Waals surface area contributed by atoms with E-state index in [2.05, 4.69) is 83.3 Å². The van der Waals surface area contributed by atoms with Crippen LogP contribution in [0.2, 0.25) is 36.3 Å². The molecule has 0 radical (unpaired) electrons. The van der Waals surface area contributed by atoms with Crippen LogP contribution in [0, 0.1) is 0 Å². The molecule has 3 rings (SSSR count). The molecule has 0 spiro atoms. The fourth-order valence-corrected chi connectivity index (χ4v) is 9.84. The summed E-state index contributed by atoms with van der Waals surface area (Å²) in [4.78, 5) is 29.6. The number of carbonyl (C=O) groups is 1. The molecule has 0 unspecified atom stereocenters. The Morgan fingerprint density at radius 2 is 1.47 bits per heavy atom. The van der Waals surface area contributed by atoms with E-state index in [0.717, 1.165) is 5.56 Å². The molecule has 1 fully saturated rings. The molecule has 51 heavy (non-hydrogen) atoms. The van der Waals surface area contributed by atoms with Crippen LogP contribution in [-0.2, 0) is 38.5 Å². The zero-order chi connectivity index (χ0) is 38.6. The van der Waals surface area contributed by atoms with E-state index in [1.165, 1.54) is 23.8 Å². The normalized spacial score (nSPS) is 21.1. The second-order valence-electron chi connectivity index (χ2n) is 15.9. The second-order valence-corrected chi connectivity index (χ2v) is 27.6. The van der Waals surface area contributed by atoms with Crippen LogP contribution in [0.4, 0.5) is 5.82 Å². The first-order valence-corrected chi connectivity index (χ1v) is 25.1. The lowest BCUT2D eigenvalue weighted by Crippen LogP contribution is -2.56. The summed E-state index contributed by atoms with van der Waals surface area (Å²) in [6.07, 6.45) is -2.10. The van der Waals surface area contributed by atoms with Gasteiger partial charge in [0.05, 0.1) is 20.3 Å². The largest absolute Gasteiger partial charge is 0.497 e. The van der Waals surface area contributed by atoms with Crippen LogP contribution in [0.15, 0.2) is 41.3 Å². The molecular formula is C35H61N4O9PSi2. The number of aromatic nitrogens is 2. The van der Waals surface area contributed by atoms with Gasteiger partial charge in [0.15, 0.2) is 22.9 Å². The Bertz CT molecular complexity index is 1560. The summed E-state index contributed by atoms with van der Waals surface area (Å²) in [6, 6.07) is 9.09. The SMILES string of the molecule is CCOP(=O)(OCC)[C@H](NCc1ccc(OC)cc1)[C@H]1O[C@@H](n2ccc(NC(C)=O)nc2=O)[C@@H](O[Si](C)(C)C(C)(C)C)[C@@H]1O[Si](C)(C)C(C)(C)C. The van der Waals surface area contributed by atoms with Crippen LogP contribution in [0.25, 0.3) is 0 Å². The van der Waals surface area contributed by atoms with Crippen molar-refractivity contribution in [2.45, 2.75) is 135 Å². The van der Waals surface area contributed by atoms with E-state index in [9.17, 15) is 14.2 Å². The molecule has 0 aliphatic carbocycles. The van der Waals surface area contributed by atoms with Gasteiger partial charge in [-0.3, -0.25) is 19.2 Å². The van der Waals surface area contributed by atoms with E-state index in [0.29, 0.717) is 5.75 Å². The van der Waals surface area contributed by atoms with Crippen molar-refractivity contribution < 1.29 is 36.7 Å². The first-order chi connectivity index (χ1) is 23.5. The average Bonchev–Trinajstić information content (AvgIpc) is 3.32. The standard InChI is InChI=1S/C35H61N4O9PSi2/c1-15-44-49(42,45-16-2)31(36-23-25-17-19-26(43-10)20-18-25)29-28(47-50(11,12)34(4,5)6)30(48-51(13,14)35(7,8)9)32(46-29)39-22-21-27(37-24(3)40)38-33(39)41/h17-22,28-32,36H,15-16,23H2,1-14H3,(H,37,38,40,41)/t28-,29+,30+,31+,32-/m1/s1. The van der Waals surface area contributed by atoms with Crippen LogP contribution < -0.4 is 21.1 Å². The van der Waals surface area contributed by atoms with Gasteiger partial charge in [-0.15, -0.1) is 0 Å². The van der Waals surface area contributed by atoms with Gasteiger partial charge in [0.25, 0.3) is 0 Å². The molecule has 1 aromatic carbocycles. The number of rotatable bonds is 16. The topological polar surface area (TPSA) is 148 Å². The van der Waals surface area contributed by atoms with Gasteiger partial charge in [0.1, 0.15) is 35.7 Å². The van der Waals surface area contributed by atoms with Crippen LogP contribution in [0.5, 0.6) is 5.75 Å². The molecule has 0 bridgehead atoms. The van der Waals surface area contributed by atoms with Gasteiger partial charge in [0.2, 0.25) is 5.91 Å². The molecule has 2 N–H and O–H groups in total. The highest BCUT2D eigenvalue weighted by Gasteiger charge is 2.59. The second kappa shape index (κ2) is 16.9. The molecule has 1 amide bonds. The van der Waals surface area contributed by atoms with Gasteiger partial charge in [-0.05, 0) is 73.9 Å². The number of benzene rings is 1. The number of hydrogen-bond acceptors (Lipinski definition) is 11. The van der Waals surface area contributed by atoms with Gasteiger partial charge in [0, 0.05) is 19.7 Å². The molecule has 1 saturated heterocycles. The number of carbonyl (C=O) groups excluding carboxylic acids is 1. The summed E-state index contributed by atoms with van der Waals surface area (Å²) in [5.41, 5.74) is 0.252. The molecule has 16 heteroatoms. The van der Waals surface area contributed by atoms with Crippen molar-refractivity contribution >= 4 is 36.0 Å². The van der Waals surface area contributed by atoms with E-state index in [4.69, 9.17) is 27.4 Å². The molecule has 2 heterocycles. The van der Waals surface area contributed by atoms with E-state index in [-0.39, 0.29) is 41.6 Å². The zero-order valence-electron chi connectivity index (χ0n) is 33.0. The Hall–Kier alpha value is -2.21. The third-order valence-electron chi connectivity index (χ3n) is 10.1. The van der Waals surface area contributed by atoms with Crippen LogP contribution in [-0.4, -0.2) is 76.5 Å². The van der Waals surface area contributed by atoms with Crippen molar-refractivity contribution in [2.24, 2.45) is 0 Å². The molecule has 288 valence electrons. The minimum absolute atomic E-state index is 0.116. The average molecular weight is 769 g/mol. The van der Waals surface area contributed by atoms with Gasteiger partial charge < -0.3 is 32.7 Å². The smallest absolute Gasteiger partial charge is 0.351 e. The van der Waals surface area contributed by atoms with E-state index >= 15 is 0 Å². The number of hydrogen-bond donors (Lipinski definition) is 2. The lowest BCUT2D eigenvalue weighted by Gasteiger charge is -2.45. The highest BCUT2D eigenvalue weighted by molar-refractivity contribution is 7.54. The van der Waals surface area contributed by atoms with Gasteiger partial charge in [-0.1, -0.05) is 53.7 Å². The molecule has 1 aromatic heterocycles. The molecule has 13 nitrogen and oxygen atoms in total. The number of methoxy groups -OCH3 is 1. The summed E-state index contributed by atoms with van der Waals surface area (Å²) in [7, 11) is -7.52. The summed E-state index contributed by atoms with van der Waals surface area (Å²) in [5, 5.41) is 5.61. The quantitative estimate of drug-likeness (QED) is 0.131. The number of nitrogens with one attached hydrogen (secondary N) is 2. The molecule has 1 aliphatic heterocycles. The van der Waals surface area contributed by atoms with Crippen molar-refractivity contribution in [3.63, 3.8) is 0 Å². The maximum absolute atomic E-state index is 14.9. The highest BCUT2D eigenvalue weighted by Crippen LogP contribution is 2.57. The zero-order valence-corrected chi connectivity index (χ0v) is 35.9. The van der Waals surface area contributed by atoms with Crippen molar-refractivity contribution in [3.05, 3.63) is 52.6 Å². The predicted octanol–water partition coefficient (Wildman–Crippen LogP) is 7.27. The van der Waals surface area contributed by atoms with E-state index in [1.54, 1.807) is 21.0 Å². The molecule has 2 aromatic rings. The Kier molecular flexibility index (Phi) is 14.3. The lowest BCUT2D eigenvalue weighted by atomic mass is 10.1. The maximum atomic E-state index is 14.9. The number of amides is 1. The molecule has 5 atom stereocenters. The molecular weight excluding hydrogens is 708 g/mol. The molecule has 0 saturated carbocycles. The first-order valence-electron chi connectivity index (χ1n) is 17.6. The number of anilines is 1. The first kappa shape index (κ1) is 43.2. The fourth-order valence-electron chi connectivity index (χ4n) is 5.22. The number of ether oxygens (including phenoxy) is 2. The van der Waals surface area contributed by atoms with Gasteiger partial charge in [-0.2, -0.15) is 4.98 Å².